The van der Waals surface area contributed by atoms with E-state index < -0.39 is 20.9 Å². The number of nitro groups is 1. The molecule has 0 saturated heterocycles. The number of furan rings is 1. The summed E-state index contributed by atoms with van der Waals surface area (Å²) in [6.45, 7) is 4.14. The molecule has 1 aromatic heterocycles. The fourth-order valence-corrected chi connectivity index (χ4v) is 4.56. The number of sulfonamides is 1. The van der Waals surface area contributed by atoms with Crippen LogP contribution in [0.2, 0.25) is 0 Å². The van der Waals surface area contributed by atoms with Crippen LogP contribution in [0.15, 0.2) is 75.1 Å². The Balaban J connectivity index is 1.68. The van der Waals surface area contributed by atoms with Gasteiger partial charge in [-0.15, -0.1) is 0 Å². The van der Waals surface area contributed by atoms with Crippen molar-refractivity contribution in [3.05, 3.63) is 82.1 Å². The zero-order valence-corrected chi connectivity index (χ0v) is 18.8. The van der Waals surface area contributed by atoms with E-state index in [0.717, 1.165) is 0 Å². The number of nitrogens with one attached hydrogen (secondary N) is 1. The van der Waals surface area contributed by atoms with Gasteiger partial charge in [0, 0.05) is 36.3 Å². The fourth-order valence-electron chi connectivity index (χ4n) is 3.05. The standard InChI is InChI=1S/C22H22N4O6S/c1-3-25(4-2)33(30,31)20-7-5-6-17(14-20)22(27)24-23-15-19-12-13-21(32-19)16-8-10-18(11-9-16)26(28)29/h5-15H,3-4H2,1-2H3,(H,24,27). The molecule has 172 valence electrons. The van der Waals surface area contributed by atoms with E-state index >= 15 is 0 Å². The van der Waals surface area contributed by atoms with E-state index in [4.69, 9.17) is 4.42 Å². The van der Waals surface area contributed by atoms with Crippen LogP contribution in [0.4, 0.5) is 5.69 Å². The lowest BCUT2D eigenvalue weighted by molar-refractivity contribution is -0.384. The smallest absolute Gasteiger partial charge is 0.271 e. The molecule has 33 heavy (non-hydrogen) atoms. The van der Waals surface area contributed by atoms with Crippen LogP contribution in [0.1, 0.15) is 30.0 Å². The topological polar surface area (TPSA) is 135 Å². The Morgan fingerprint density at radius 2 is 1.82 bits per heavy atom. The van der Waals surface area contributed by atoms with Crippen LogP contribution in [0, 0.1) is 10.1 Å². The summed E-state index contributed by atoms with van der Waals surface area (Å²) in [6.07, 6.45) is 1.29. The normalized spacial score (nSPS) is 11.7. The summed E-state index contributed by atoms with van der Waals surface area (Å²) in [7, 11) is -3.69. The number of rotatable bonds is 9. The fraction of sp³-hybridized carbons (Fsp3) is 0.182. The van der Waals surface area contributed by atoms with Crippen LogP contribution in [0.5, 0.6) is 0 Å². The third kappa shape index (κ3) is 5.51. The lowest BCUT2D eigenvalue weighted by Gasteiger charge is -2.18. The van der Waals surface area contributed by atoms with Gasteiger partial charge >= 0.3 is 0 Å². The molecule has 0 aliphatic heterocycles. The highest BCUT2D eigenvalue weighted by Crippen LogP contribution is 2.24. The van der Waals surface area contributed by atoms with Crippen LogP contribution in [0.25, 0.3) is 11.3 Å². The number of nitro benzene ring substituents is 1. The quantitative estimate of drug-likeness (QED) is 0.288. The number of carbonyl (C=O) groups excluding carboxylic acids is 1. The number of hydrogen-bond donors (Lipinski definition) is 1. The summed E-state index contributed by atoms with van der Waals surface area (Å²) in [5.74, 6) is 0.249. The molecular formula is C22H22N4O6S. The third-order valence-electron chi connectivity index (χ3n) is 4.79. The number of non-ortho nitro benzene ring substituents is 1. The van der Waals surface area contributed by atoms with Gasteiger partial charge in [0.05, 0.1) is 16.0 Å². The first-order chi connectivity index (χ1) is 15.8. The number of carbonyl (C=O) groups is 1. The van der Waals surface area contributed by atoms with Crippen molar-refractivity contribution in [1.29, 1.82) is 0 Å². The number of hydrazone groups is 1. The first kappa shape index (κ1) is 23.8. The van der Waals surface area contributed by atoms with Crippen LogP contribution in [-0.2, 0) is 10.0 Å². The van der Waals surface area contributed by atoms with Crippen molar-refractivity contribution in [2.45, 2.75) is 18.7 Å². The molecule has 1 N–H and O–H groups in total. The van der Waals surface area contributed by atoms with Gasteiger partial charge in [0.1, 0.15) is 11.5 Å². The average Bonchev–Trinajstić information content (AvgIpc) is 3.28. The number of amides is 1. The van der Waals surface area contributed by atoms with Crippen LogP contribution in [-0.4, -0.2) is 42.9 Å². The second-order valence-corrected chi connectivity index (χ2v) is 8.76. The predicted octanol–water partition coefficient (Wildman–Crippen LogP) is 3.65. The molecule has 3 aromatic rings. The molecule has 0 atom stereocenters. The van der Waals surface area contributed by atoms with Crippen molar-refractivity contribution in [2.24, 2.45) is 5.10 Å². The van der Waals surface area contributed by atoms with Crippen LogP contribution < -0.4 is 5.43 Å². The number of benzene rings is 2. The van der Waals surface area contributed by atoms with Crippen LogP contribution in [0.3, 0.4) is 0 Å². The summed E-state index contributed by atoms with van der Waals surface area (Å²) in [5, 5.41) is 14.6. The van der Waals surface area contributed by atoms with E-state index in [-0.39, 0.29) is 16.1 Å². The second kappa shape index (κ2) is 10.2. The minimum Gasteiger partial charge on any atom is -0.455 e. The molecule has 0 fully saturated rings. The molecule has 11 heteroatoms. The molecule has 1 heterocycles. The first-order valence-electron chi connectivity index (χ1n) is 10.0. The number of hydrogen-bond acceptors (Lipinski definition) is 7. The molecule has 3 rings (SSSR count). The Kier molecular flexibility index (Phi) is 7.36. The Hall–Kier alpha value is -3.83. The maximum atomic E-state index is 12.7. The van der Waals surface area contributed by atoms with Crippen molar-refractivity contribution < 1.29 is 22.6 Å². The van der Waals surface area contributed by atoms with Crippen molar-refractivity contribution in [3.63, 3.8) is 0 Å². The molecule has 0 unspecified atom stereocenters. The highest BCUT2D eigenvalue weighted by molar-refractivity contribution is 7.89. The van der Waals surface area contributed by atoms with Crippen molar-refractivity contribution in [1.82, 2.24) is 9.73 Å². The van der Waals surface area contributed by atoms with Gasteiger partial charge in [0.2, 0.25) is 10.0 Å². The molecule has 0 bridgehead atoms. The minimum absolute atomic E-state index is 0.0243. The van der Waals surface area contributed by atoms with E-state index in [1.54, 1.807) is 38.1 Å². The molecule has 10 nitrogen and oxygen atoms in total. The molecule has 0 aliphatic rings. The maximum Gasteiger partial charge on any atom is 0.271 e. The van der Waals surface area contributed by atoms with E-state index in [9.17, 15) is 23.3 Å². The SMILES string of the molecule is CCN(CC)S(=O)(=O)c1cccc(C(=O)NN=Cc2ccc(-c3ccc([N+](=O)[O-])cc3)o2)c1. The average molecular weight is 471 g/mol. The molecule has 1 amide bonds. The van der Waals surface area contributed by atoms with Crippen molar-refractivity contribution in [3.8, 4) is 11.3 Å². The zero-order chi connectivity index (χ0) is 24.0. The Morgan fingerprint density at radius 1 is 1.12 bits per heavy atom. The molecule has 2 aromatic carbocycles. The van der Waals surface area contributed by atoms with Gasteiger partial charge < -0.3 is 4.42 Å². The Labute approximate surface area is 190 Å². The minimum atomic E-state index is -3.69. The molecule has 0 radical (unpaired) electrons. The van der Waals surface area contributed by atoms with Gasteiger partial charge in [-0.2, -0.15) is 9.41 Å². The van der Waals surface area contributed by atoms with E-state index in [0.29, 0.717) is 30.2 Å². The van der Waals surface area contributed by atoms with E-state index in [1.165, 1.54) is 46.9 Å². The van der Waals surface area contributed by atoms with E-state index in [1.807, 2.05) is 0 Å². The van der Waals surface area contributed by atoms with Gasteiger partial charge in [0.15, 0.2) is 0 Å². The molecular weight excluding hydrogens is 448 g/mol. The van der Waals surface area contributed by atoms with Gasteiger partial charge in [-0.3, -0.25) is 14.9 Å². The molecule has 0 saturated carbocycles. The Bertz CT molecular complexity index is 1280. The van der Waals surface area contributed by atoms with E-state index in [2.05, 4.69) is 10.5 Å². The molecule has 0 spiro atoms. The van der Waals surface area contributed by atoms with Crippen molar-refractivity contribution >= 4 is 27.8 Å². The van der Waals surface area contributed by atoms with Gasteiger partial charge in [0.25, 0.3) is 11.6 Å². The highest BCUT2D eigenvalue weighted by atomic mass is 32.2. The third-order valence-corrected chi connectivity index (χ3v) is 6.83. The van der Waals surface area contributed by atoms with Gasteiger partial charge in [-0.25, -0.2) is 13.8 Å². The Morgan fingerprint density at radius 3 is 2.45 bits per heavy atom. The first-order valence-corrected chi connectivity index (χ1v) is 11.5. The van der Waals surface area contributed by atoms with Gasteiger partial charge in [-0.05, 0) is 42.5 Å². The summed E-state index contributed by atoms with van der Waals surface area (Å²) in [6, 6.07) is 14.9. The lowest BCUT2D eigenvalue weighted by atomic mass is 10.1. The summed E-state index contributed by atoms with van der Waals surface area (Å²) < 4.78 is 32.2. The highest BCUT2D eigenvalue weighted by Gasteiger charge is 2.22. The predicted molar refractivity (Wildman–Crippen MR) is 122 cm³/mol. The lowest BCUT2D eigenvalue weighted by Crippen LogP contribution is -2.30. The largest absolute Gasteiger partial charge is 0.455 e. The van der Waals surface area contributed by atoms with Gasteiger partial charge in [-0.1, -0.05) is 19.9 Å². The van der Waals surface area contributed by atoms with Crippen molar-refractivity contribution in [2.75, 3.05) is 13.1 Å². The molecule has 0 aliphatic carbocycles. The summed E-state index contributed by atoms with van der Waals surface area (Å²) >= 11 is 0. The summed E-state index contributed by atoms with van der Waals surface area (Å²) in [5.41, 5.74) is 3.11. The zero-order valence-electron chi connectivity index (χ0n) is 18.0. The summed E-state index contributed by atoms with van der Waals surface area (Å²) in [4.78, 5) is 22.7. The van der Waals surface area contributed by atoms with Crippen LogP contribution >= 0.6 is 0 Å². The number of nitrogens with zero attached hydrogens (tertiary/aromatic N) is 3. The maximum absolute atomic E-state index is 12.7. The second-order valence-electron chi connectivity index (χ2n) is 6.82. The monoisotopic (exact) mass is 470 g/mol.